The quantitative estimate of drug-likeness (QED) is 0.607. The van der Waals surface area contributed by atoms with Crippen molar-refractivity contribution in [2.45, 2.75) is 13.0 Å². The highest BCUT2D eigenvalue weighted by Crippen LogP contribution is 2.12. The molecule has 1 atom stereocenters. The Morgan fingerprint density at radius 2 is 2.42 bits per heavy atom. The van der Waals surface area contributed by atoms with Gasteiger partial charge in [0.05, 0.1) is 5.75 Å². The molecule has 0 radical (unpaired) electrons. The minimum atomic E-state index is -3.17. The number of nitrogens with one attached hydrogen (secondary N) is 1. The summed E-state index contributed by atoms with van der Waals surface area (Å²) in [5, 5.41) is 0.125. The van der Waals surface area contributed by atoms with Crippen LogP contribution in [0.15, 0.2) is 11.1 Å². The van der Waals surface area contributed by atoms with E-state index >= 15 is 0 Å². The van der Waals surface area contributed by atoms with E-state index in [0.717, 1.165) is 0 Å². The van der Waals surface area contributed by atoms with Crippen LogP contribution in [0.25, 0.3) is 0 Å². The Morgan fingerprint density at radius 3 is 2.83 bits per heavy atom. The predicted molar refractivity (Wildman–Crippen MR) is 44.6 cm³/mol. The molecular weight excluding hydrogens is 180 g/mol. The summed E-state index contributed by atoms with van der Waals surface area (Å²) in [6.07, 6.45) is 1.15. The van der Waals surface area contributed by atoms with Crippen molar-refractivity contribution in [3.05, 3.63) is 11.1 Å². The van der Waals surface area contributed by atoms with Crippen molar-refractivity contribution >= 4 is 9.84 Å². The second kappa shape index (κ2) is 3.42. The van der Waals surface area contributed by atoms with Gasteiger partial charge in [-0.3, -0.25) is 10.3 Å². The van der Waals surface area contributed by atoms with Gasteiger partial charge in [-0.05, 0) is 6.08 Å². The zero-order valence-corrected chi connectivity index (χ0v) is 7.60. The highest BCUT2D eigenvalue weighted by molar-refractivity contribution is 7.95. The molecule has 12 heavy (non-hydrogen) atoms. The molecule has 0 aliphatic carbocycles. The van der Waals surface area contributed by atoms with Crippen molar-refractivity contribution in [1.29, 1.82) is 0 Å². The first kappa shape index (κ1) is 9.50. The fraction of sp³-hybridized carbons (Fsp3) is 0.667. The molecule has 0 bridgehead atoms. The Morgan fingerprint density at radius 1 is 1.75 bits per heavy atom. The molecule has 1 aliphatic rings. The zero-order chi connectivity index (χ0) is 9.19. The molecule has 6 heteroatoms. The van der Waals surface area contributed by atoms with E-state index in [2.05, 4.69) is 5.48 Å². The largest absolute Gasteiger partial charge is 0.328 e. The second-order valence-electron chi connectivity index (χ2n) is 2.43. The monoisotopic (exact) mass is 192 g/mol. The van der Waals surface area contributed by atoms with Gasteiger partial charge in [-0.1, -0.05) is 6.92 Å². The molecule has 0 aromatic heterocycles. The van der Waals surface area contributed by atoms with Gasteiger partial charge in [0.2, 0.25) is 0 Å². The summed E-state index contributed by atoms with van der Waals surface area (Å²) < 4.78 is 22.4. The highest BCUT2D eigenvalue weighted by atomic mass is 32.2. The average molecular weight is 192 g/mol. The number of hydroxylamine groups is 1. The summed E-state index contributed by atoms with van der Waals surface area (Å²) in [7, 11) is -3.17. The molecular formula is C6H12N2O3S. The second-order valence-corrected chi connectivity index (χ2v) is 4.68. The molecule has 70 valence electrons. The minimum absolute atomic E-state index is 0.0620. The SMILES string of the molecule is CCS(=O)(=O)C1=CC(CN)ON1. The third-order valence-corrected chi connectivity index (χ3v) is 3.25. The summed E-state index contributed by atoms with van der Waals surface area (Å²) in [5.41, 5.74) is 7.62. The molecule has 5 nitrogen and oxygen atoms in total. The van der Waals surface area contributed by atoms with Crippen LogP contribution in [0.1, 0.15) is 6.92 Å². The zero-order valence-electron chi connectivity index (χ0n) is 6.78. The molecule has 0 aromatic rings. The number of nitrogens with two attached hydrogens (primary N) is 1. The maximum atomic E-state index is 11.2. The summed E-state index contributed by atoms with van der Waals surface area (Å²) >= 11 is 0. The van der Waals surface area contributed by atoms with Crippen LogP contribution in [-0.2, 0) is 14.7 Å². The van der Waals surface area contributed by atoms with Gasteiger partial charge in [0, 0.05) is 6.54 Å². The molecule has 0 spiro atoms. The fourth-order valence-corrected chi connectivity index (χ4v) is 1.65. The average Bonchev–Trinajstić information content (AvgIpc) is 2.52. The summed E-state index contributed by atoms with van der Waals surface area (Å²) in [5.74, 6) is 0.0620. The van der Waals surface area contributed by atoms with Crippen LogP contribution in [-0.4, -0.2) is 26.8 Å². The van der Waals surface area contributed by atoms with Gasteiger partial charge in [0.15, 0.2) is 14.9 Å². The Bertz CT molecular complexity index is 283. The number of sulfone groups is 1. The first-order valence-corrected chi connectivity index (χ1v) is 5.31. The smallest absolute Gasteiger partial charge is 0.194 e. The molecule has 0 fully saturated rings. The van der Waals surface area contributed by atoms with Crippen LogP contribution < -0.4 is 11.2 Å². The fourth-order valence-electron chi connectivity index (χ4n) is 0.809. The van der Waals surface area contributed by atoms with E-state index in [1.165, 1.54) is 6.08 Å². The third-order valence-electron chi connectivity index (χ3n) is 1.60. The van der Waals surface area contributed by atoms with E-state index < -0.39 is 9.84 Å². The summed E-state index contributed by atoms with van der Waals surface area (Å²) in [6, 6.07) is 0. The molecule has 0 amide bonds. The van der Waals surface area contributed by atoms with Crippen LogP contribution in [0.5, 0.6) is 0 Å². The van der Waals surface area contributed by atoms with Crippen molar-refractivity contribution in [2.24, 2.45) is 5.73 Å². The van der Waals surface area contributed by atoms with Gasteiger partial charge < -0.3 is 5.73 Å². The van der Waals surface area contributed by atoms with Gasteiger partial charge in [-0.15, -0.1) is 0 Å². The van der Waals surface area contributed by atoms with Crippen LogP contribution >= 0.6 is 0 Å². The van der Waals surface area contributed by atoms with Crippen molar-refractivity contribution < 1.29 is 13.3 Å². The first-order chi connectivity index (χ1) is 5.60. The molecule has 1 unspecified atom stereocenters. The topological polar surface area (TPSA) is 81.4 Å². The first-order valence-electron chi connectivity index (χ1n) is 3.66. The van der Waals surface area contributed by atoms with Crippen LogP contribution in [0, 0.1) is 0 Å². The van der Waals surface area contributed by atoms with Crippen molar-refractivity contribution in [1.82, 2.24) is 5.48 Å². The summed E-state index contributed by atoms with van der Waals surface area (Å²) in [4.78, 5) is 4.86. The third kappa shape index (κ3) is 1.77. The van der Waals surface area contributed by atoms with Gasteiger partial charge in [0.25, 0.3) is 0 Å². The van der Waals surface area contributed by atoms with Crippen molar-refractivity contribution in [3.63, 3.8) is 0 Å². The molecule has 3 N–H and O–H groups in total. The molecule has 0 saturated carbocycles. The van der Waals surface area contributed by atoms with Gasteiger partial charge >= 0.3 is 0 Å². The maximum absolute atomic E-state index is 11.2. The van der Waals surface area contributed by atoms with E-state index in [1.807, 2.05) is 0 Å². The lowest BCUT2D eigenvalue weighted by Gasteiger charge is -2.02. The Labute approximate surface area is 71.5 Å². The van der Waals surface area contributed by atoms with Gasteiger partial charge in [0.1, 0.15) is 6.10 Å². The Hall–Kier alpha value is -0.590. The van der Waals surface area contributed by atoms with E-state index in [1.54, 1.807) is 6.92 Å². The Kier molecular flexibility index (Phi) is 2.71. The van der Waals surface area contributed by atoms with Crippen LogP contribution in [0.3, 0.4) is 0 Å². The predicted octanol–water partition coefficient (Wildman–Crippen LogP) is -0.875. The normalized spacial score (nSPS) is 23.5. The van der Waals surface area contributed by atoms with Crippen molar-refractivity contribution in [3.8, 4) is 0 Å². The number of rotatable bonds is 3. The van der Waals surface area contributed by atoms with Crippen molar-refractivity contribution in [2.75, 3.05) is 12.3 Å². The molecule has 1 heterocycles. The Balaban J connectivity index is 2.79. The lowest BCUT2D eigenvalue weighted by atomic mass is 10.4. The maximum Gasteiger partial charge on any atom is 0.194 e. The standard InChI is InChI=1S/C6H12N2O3S/c1-2-12(9,10)6-3-5(4-7)11-8-6/h3,5,8H,2,4,7H2,1H3. The van der Waals surface area contributed by atoms with E-state index in [-0.39, 0.29) is 23.4 Å². The lowest BCUT2D eigenvalue weighted by molar-refractivity contribution is 0.0506. The molecule has 0 aromatic carbocycles. The van der Waals surface area contributed by atoms with E-state index in [9.17, 15) is 8.42 Å². The highest BCUT2D eigenvalue weighted by Gasteiger charge is 2.23. The minimum Gasteiger partial charge on any atom is -0.328 e. The van der Waals surface area contributed by atoms with Crippen LogP contribution in [0.4, 0.5) is 0 Å². The van der Waals surface area contributed by atoms with Gasteiger partial charge in [-0.2, -0.15) is 0 Å². The van der Waals surface area contributed by atoms with Gasteiger partial charge in [-0.25, -0.2) is 8.42 Å². The summed E-state index contributed by atoms with van der Waals surface area (Å²) in [6.45, 7) is 1.85. The molecule has 0 saturated heterocycles. The van der Waals surface area contributed by atoms with E-state index in [0.29, 0.717) is 0 Å². The van der Waals surface area contributed by atoms with Crippen LogP contribution in [0.2, 0.25) is 0 Å². The number of hydrogen-bond donors (Lipinski definition) is 2. The molecule has 1 rings (SSSR count). The number of hydrogen-bond acceptors (Lipinski definition) is 5. The molecule has 1 aliphatic heterocycles. The lowest BCUT2D eigenvalue weighted by Crippen LogP contribution is -2.22. The van der Waals surface area contributed by atoms with E-state index in [4.69, 9.17) is 10.6 Å².